The van der Waals surface area contributed by atoms with Crippen LogP contribution in [0.3, 0.4) is 0 Å². The van der Waals surface area contributed by atoms with E-state index in [9.17, 15) is 10.1 Å². The van der Waals surface area contributed by atoms with E-state index >= 15 is 0 Å². The molecule has 2 heterocycles. The summed E-state index contributed by atoms with van der Waals surface area (Å²) in [4.78, 5) is 10.9. The van der Waals surface area contributed by atoms with Crippen molar-refractivity contribution in [3.63, 3.8) is 0 Å². The van der Waals surface area contributed by atoms with E-state index in [1.807, 2.05) is 47.5 Å². The van der Waals surface area contributed by atoms with Gasteiger partial charge in [-0.2, -0.15) is 5.10 Å². The molecule has 0 fully saturated rings. The van der Waals surface area contributed by atoms with Crippen LogP contribution in [0.25, 0.3) is 0 Å². The SMILES string of the molecule is O=[N+]([O-])c1cc([C@H]2Oc3ccc(Cl)cc3[C@@H]3CC(c4ccccc4)=NN23)ccc1Cl. The Bertz CT molecular complexity index is 1180. The second-order valence-electron chi connectivity index (χ2n) is 7.13. The topological polar surface area (TPSA) is 68.0 Å². The van der Waals surface area contributed by atoms with Crippen molar-refractivity contribution in [3.05, 3.63) is 104 Å². The molecular weight excluding hydrogens is 425 g/mol. The third kappa shape index (κ3) is 3.18. The van der Waals surface area contributed by atoms with E-state index in [0.29, 0.717) is 22.8 Å². The van der Waals surface area contributed by atoms with Crippen molar-refractivity contribution in [3.8, 4) is 5.75 Å². The van der Waals surface area contributed by atoms with Crippen LogP contribution in [0.5, 0.6) is 5.75 Å². The summed E-state index contributed by atoms with van der Waals surface area (Å²) >= 11 is 12.3. The molecule has 150 valence electrons. The molecule has 0 N–H and O–H groups in total. The first-order valence-electron chi connectivity index (χ1n) is 9.32. The molecule has 8 heteroatoms. The summed E-state index contributed by atoms with van der Waals surface area (Å²) in [5.74, 6) is 0.688. The normalized spacial score (nSPS) is 19.5. The number of hydrogen-bond donors (Lipinski definition) is 0. The van der Waals surface area contributed by atoms with E-state index < -0.39 is 11.2 Å². The van der Waals surface area contributed by atoms with Crippen LogP contribution in [0.2, 0.25) is 10.0 Å². The molecule has 3 aromatic rings. The van der Waals surface area contributed by atoms with Crippen molar-refractivity contribution in [2.75, 3.05) is 0 Å². The Balaban J connectivity index is 1.62. The van der Waals surface area contributed by atoms with Gasteiger partial charge in [0.15, 0.2) is 0 Å². The van der Waals surface area contributed by atoms with Crippen LogP contribution in [0, 0.1) is 10.1 Å². The predicted molar refractivity (Wildman–Crippen MR) is 115 cm³/mol. The molecule has 0 amide bonds. The first-order valence-corrected chi connectivity index (χ1v) is 10.1. The van der Waals surface area contributed by atoms with Crippen molar-refractivity contribution in [1.82, 2.24) is 5.01 Å². The minimum absolute atomic E-state index is 0.0817. The van der Waals surface area contributed by atoms with Crippen LogP contribution in [0.1, 0.15) is 35.4 Å². The van der Waals surface area contributed by atoms with E-state index in [-0.39, 0.29) is 16.8 Å². The monoisotopic (exact) mass is 439 g/mol. The first-order chi connectivity index (χ1) is 14.5. The number of nitro benzene ring substituents is 1. The van der Waals surface area contributed by atoms with Crippen molar-refractivity contribution in [2.45, 2.75) is 18.7 Å². The van der Waals surface area contributed by atoms with Crippen molar-refractivity contribution >= 4 is 34.6 Å². The summed E-state index contributed by atoms with van der Waals surface area (Å²) in [6.07, 6.45) is 0.0493. The van der Waals surface area contributed by atoms with Gasteiger partial charge in [0.05, 0.1) is 16.7 Å². The molecule has 0 unspecified atom stereocenters. The van der Waals surface area contributed by atoms with Gasteiger partial charge in [0.2, 0.25) is 6.23 Å². The number of ether oxygens (including phenoxy) is 1. The van der Waals surface area contributed by atoms with E-state index in [2.05, 4.69) is 0 Å². The molecule has 0 saturated carbocycles. The fourth-order valence-corrected chi connectivity index (χ4v) is 4.27. The van der Waals surface area contributed by atoms with Gasteiger partial charge < -0.3 is 4.74 Å². The molecule has 6 nitrogen and oxygen atoms in total. The van der Waals surface area contributed by atoms with Gasteiger partial charge in [0.25, 0.3) is 5.69 Å². The maximum absolute atomic E-state index is 11.4. The van der Waals surface area contributed by atoms with Crippen LogP contribution in [-0.4, -0.2) is 15.6 Å². The van der Waals surface area contributed by atoms with Crippen molar-refractivity contribution in [1.29, 1.82) is 0 Å². The molecule has 2 aliphatic heterocycles. The quantitative estimate of drug-likeness (QED) is 0.362. The van der Waals surface area contributed by atoms with Crippen LogP contribution < -0.4 is 4.74 Å². The zero-order chi connectivity index (χ0) is 20.8. The number of nitrogens with zero attached hydrogens (tertiary/aromatic N) is 3. The second-order valence-corrected chi connectivity index (χ2v) is 7.98. The molecule has 0 aromatic heterocycles. The number of rotatable bonds is 3. The van der Waals surface area contributed by atoms with E-state index in [1.165, 1.54) is 12.1 Å². The van der Waals surface area contributed by atoms with Gasteiger partial charge in [0.1, 0.15) is 10.8 Å². The lowest BCUT2D eigenvalue weighted by Gasteiger charge is -2.38. The van der Waals surface area contributed by atoms with Gasteiger partial charge in [-0.15, -0.1) is 0 Å². The first kappa shape index (κ1) is 18.9. The summed E-state index contributed by atoms with van der Waals surface area (Å²) in [7, 11) is 0. The summed E-state index contributed by atoms with van der Waals surface area (Å²) in [6, 6.07) is 20.0. The van der Waals surface area contributed by atoms with Gasteiger partial charge in [-0.1, -0.05) is 59.6 Å². The third-order valence-electron chi connectivity index (χ3n) is 5.31. The van der Waals surface area contributed by atoms with Crippen LogP contribution in [-0.2, 0) is 0 Å². The highest BCUT2D eigenvalue weighted by Gasteiger charge is 2.41. The zero-order valence-corrected chi connectivity index (χ0v) is 17.0. The van der Waals surface area contributed by atoms with Crippen LogP contribution >= 0.6 is 23.2 Å². The van der Waals surface area contributed by atoms with Gasteiger partial charge in [-0.05, 0) is 29.8 Å². The molecule has 0 aliphatic carbocycles. The number of benzene rings is 3. The average molecular weight is 440 g/mol. The lowest BCUT2D eigenvalue weighted by molar-refractivity contribution is -0.384. The van der Waals surface area contributed by atoms with Gasteiger partial charge in [-0.3, -0.25) is 10.1 Å². The predicted octanol–water partition coefficient (Wildman–Crippen LogP) is 6.14. The van der Waals surface area contributed by atoms with Crippen LogP contribution in [0.15, 0.2) is 71.8 Å². The van der Waals surface area contributed by atoms with Crippen molar-refractivity contribution < 1.29 is 9.66 Å². The number of hydrogen-bond acceptors (Lipinski definition) is 5. The van der Waals surface area contributed by atoms with Gasteiger partial charge in [0, 0.05) is 28.6 Å². The molecule has 2 atom stereocenters. The fourth-order valence-electron chi connectivity index (χ4n) is 3.91. The Kier molecular flexibility index (Phi) is 4.60. The van der Waals surface area contributed by atoms with Crippen LogP contribution in [0.4, 0.5) is 5.69 Å². The summed E-state index contributed by atoms with van der Waals surface area (Å²) in [5, 5.41) is 18.8. The maximum atomic E-state index is 11.4. The van der Waals surface area contributed by atoms with Crippen molar-refractivity contribution in [2.24, 2.45) is 5.10 Å². The molecule has 0 bridgehead atoms. The molecular formula is C22H15Cl2N3O3. The molecule has 0 spiro atoms. The van der Waals surface area contributed by atoms with Gasteiger partial charge in [-0.25, -0.2) is 5.01 Å². The summed E-state index contributed by atoms with van der Waals surface area (Å²) in [5.41, 5.74) is 3.33. The summed E-state index contributed by atoms with van der Waals surface area (Å²) < 4.78 is 6.24. The Morgan fingerprint density at radius 1 is 1.07 bits per heavy atom. The van der Waals surface area contributed by atoms with E-state index in [4.69, 9.17) is 33.0 Å². The lowest BCUT2D eigenvalue weighted by atomic mass is 9.96. The Labute approximate surface area is 182 Å². The standard InChI is InChI=1S/C22H15Cl2N3O3/c23-15-7-9-21-16(11-15)19-12-18(13-4-2-1-3-5-13)25-26(19)22(30-21)14-6-8-17(24)20(10-14)27(28)29/h1-11,19,22H,12H2/t19-,22+/m0/s1. The minimum atomic E-state index is -0.624. The minimum Gasteiger partial charge on any atom is -0.464 e. The molecule has 2 aliphatic rings. The van der Waals surface area contributed by atoms with Gasteiger partial charge >= 0.3 is 0 Å². The second kappa shape index (κ2) is 7.31. The summed E-state index contributed by atoms with van der Waals surface area (Å²) in [6.45, 7) is 0. The highest BCUT2D eigenvalue weighted by atomic mass is 35.5. The number of halogens is 2. The number of hydrazone groups is 1. The average Bonchev–Trinajstić information content (AvgIpc) is 3.20. The molecule has 0 saturated heterocycles. The highest BCUT2D eigenvalue weighted by Crippen LogP contribution is 2.48. The Morgan fingerprint density at radius 2 is 1.87 bits per heavy atom. The maximum Gasteiger partial charge on any atom is 0.288 e. The van der Waals surface area contributed by atoms with E-state index in [0.717, 1.165) is 16.8 Å². The smallest absolute Gasteiger partial charge is 0.288 e. The molecule has 0 radical (unpaired) electrons. The Hall–Kier alpha value is -3.09. The number of fused-ring (bicyclic) bond motifs is 3. The molecule has 3 aromatic carbocycles. The Morgan fingerprint density at radius 3 is 2.63 bits per heavy atom. The zero-order valence-electron chi connectivity index (χ0n) is 15.5. The molecule has 5 rings (SSSR count). The molecule has 30 heavy (non-hydrogen) atoms. The largest absolute Gasteiger partial charge is 0.464 e. The number of nitro groups is 1. The highest BCUT2D eigenvalue weighted by molar-refractivity contribution is 6.32. The van der Waals surface area contributed by atoms with E-state index in [1.54, 1.807) is 12.1 Å². The fraction of sp³-hybridized carbons (Fsp3) is 0.136. The lowest BCUT2D eigenvalue weighted by Crippen LogP contribution is -2.33. The third-order valence-corrected chi connectivity index (χ3v) is 5.87.